The lowest BCUT2D eigenvalue weighted by molar-refractivity contribution is 0.0954. The molecule has 0 aromatic heterocycles. The minimum atomic E-state index is -0.599. The summed E-state index contributed by atoms with van der Waals surface area (Å²) in [7, 11) is 0. The normalized spacial score (nSPS) is 12.6. The smallest absolute Gasteiger partial charge is 0.312 e. The first kappa shape index (κ1) is 13.0. The molecule has 1 aromatic rings. The quantitative estimate of drug-likeness (QED) is 0.490. The Morgan fingerprint density at radius 1 is 1.11 bits per heavy atom. The summed E-state index contributed by atoms with van der Waals surface area (Å²) in [6.07, 6.45) is 0. The van der Waals surface area contributed by atoms with Crippen molar-refractivity contribution in [1.82, 2.24) is 10.6 Å². The lowest BCUT2D eigenvalue weighted by Gasteiger charge is -2.20. The molecule has 0 bridgehead atoms. The van der Waals surface area contributed by atoms with E-state index in [0.29, 0.717) is 18.7 Å². The van der Waals surface area contributed by atoms with E-state index in [2.05, 4.69) is 21.3 Å². The van der Waals surface area contributed by atoms with E-state index in [1.807, 2.05) is 6.07 Å². The molecule has 7 heteroatoms. The van der Waals surface area contributed by atoms with Crippen molar-refractivity contribution < 1.29 is 9.59 Å². The van der Waals surface area contributed by atoms with E-state index in [9.17, 15) is 9.59 Å². The van der Waals surface area contributed by atoms with Gasteiger partial charge in [0.1, 0.15) is 0 Å². The predicted molar refractivity (Wildman–Crippen MR) is 73.3 cm³/mol. The number of urea groups is 1. The van der Waals surface area contributed by atoms with Crippen molar-refractivity contribution in [2.75, 3.05) is 36.8 Å². The number of carbonyl (C=O) groups excluding carboxylic acids is 2. The summed E-state index contributed by atoms with van der Waals surface area (Å²) in [6, 6.07) is 4.84. The molecule has 1 aliphatic rings. The molecule has 0 fully saturated rings. The Morgan fingerprint density at radius 2 is 1.79 bits per heavy atom. The minimum Gasteiger partial charge on any atom is -0.382 e. The highest BCUT2D eigenvalue weighted by molar-refractivity contribution is 5.96. The number of hydrogen-bond donors (Lipinski definition) is 5. The first-order chi connectivity index (χ1) is 9.16. The van der Waals surface area contributed by atoms with E-state index < -0.39 is 6.03 Å². The second-order valence-corrected chi connectivity index (χ2v) is 4.16. The van der Waals surface area contributed by atoms with Crippen molar-refractivity contribution in [2.45, 2.75) is 0 Å². The SMILES string of the molecule is NC(=O)NCCNC(=O)c1ccc2c(c1)NCCN2. The third kappa shape index (κ3) is 3.51. The standard InChI is InChI=1S/C12H17N5O2/c13-12(19)17-6-5-16-11(18)8-1-2-9-10(7-8)15-4-3-14-9/h1-2,7,14-15H,3-6H2,(H,16,18)(H3,13,17,19). The summed E-state index contributed by atoms with van der Waals surface area (Å²) in [5.74, 6) is -0.179. The van der Waals surface area contributed by atoms with E-state index in [0.717, 1.165) is 24.5 Å². The molecule has 0 atom stereocenters. The lowest BCUT2D eigenvalue weighted by Crippen LogP contribution is -2.37. The Labute approximate surface area is 110 Å². The second-order valence-electron chi connectivity index (χ2n) is 4.16. The van der Waals surface area contributed by atoms with Crippen molar-refractivity contribution in [2.24, 2.45) is 5.73 Å². The number of hydrogen-bond acceptors (Lipinski definition) is 4. The van der Waals surface area contributed by atoms with E-state index >= 15 is 0 Å². The van der Waals surface area contributed by atoms with Gasteiger partial charge in [0.2, 0.25) is 0 Å². The number of benzene rings is 1. The predicted octanol–water partition coefficient (Wildman–Crippen LogP) is -0.0779. The van der Waals surface area contributed by atoms with Gasteiger partial charge in [-0.15, -0.1) is 0 Å². The third-order valence-electron chi connectivity index (χ3n) is 2.75. The van der Waals surface area contributed by atoms with E-state index in [-0.39, 0.29) is 5.91 Å². The monoisotopic (exact) mass is 263 g/mol. The molecule has 1 aliphatic heterocycles. The molecule has 7 nitrogen and oxygen atoms in total. The molecule has 1 heterocycles. The summed E-state index contributed by atoms with van der Waals surface area (Å²) >= 11 is 0. The number of carbonyl (C=O) groups is 2. The Morgan fingerprint density at radius 3 is 2.53 bits per heavy atom. The molecule has 6 N–H and O–H groups in total. The highest BCUT2D eigenvalue weighted by atomic mass is 16.2. The maximum Gasteiger partial charge on any atom is 0.312 e. The van der Waals surface area contributed by atoms with Crippen LogP contribution in [0.3, 0.4) is 0 Å². The fraction of sp³-hybridized carbons (Fsp3) is 0.333. The van der Waals surface area contributed by atoms with Crippen molar-refractivity contribution in [3.63, 3.8) is 0 Å². The molecule has 0 saturated heterocycles. The van der Waals surface area contributed by atoms with Crippen molar-refractivity contribution in [3.05, 3.63) is 23.8 Å². The first-order valence-corrected chi connectivity index (χ1v) is 6.10. The minimum absolute atomic E-state index is 0.179. The van der Waals surface area contributed by atoms with Crippen LogP contribution in [-0.4, -0.2) is 38.1 Å². The summed E-state index contributed by atoms with van der Waals surface area (Å²) in [4.78, 5) is 22.3. The molecule has 102 valence electrons. The van der Waals surface area contributed by atoms with Gasteiger partial charge >= 0.3 is 6.03 Å². The van der Waals surface area contributed by atoms with Gasteiger partial charge in [-0.05, 0) is 18.2 Å². The summed E-state index contributed by atoms with van der Waals surface area (Å²) in [5.41, 5.74) is 7.42. The van der Waals surface area contributed by atoms with Crippen LogP contribution in [0.1, 0.15) is 10.4 Å². The maximum atomic E-state index is 11.9. The van der Waals surface area contributed by atoms with Crippen LogP contribution in [0.25, 0.3) is 0 Å². The summed E-state index contributed by atoms with van der Waals surface area (Å²) < 4.78 is 0. The molecule has 1 aromatic carbocycles. The maximum absolute atomic E-state index is 11.9. The lowest BCUT2D eigenvalue weighted by atomic mass is 10.1. The molecule has 3 amide bonds. The average molecular weight is 263 g/mol. The van der Waals surface area contributed by atoms with E-state index in [4.69, 9.17) is 5.73 Å². The molecule has 0 spiro atoms. The van der Waals surface area contributed by atoms with Gasteiger partial charge in [0.15, 0.2) is 0 Å². The van der Waals surface area contributed by atoms with Gasteiger partial charge in [0.25, 0.3) is 5.91 Å². The third-order valence-corrected chi connectivity index (χ3v) is 2.75. The summed E-state index contributed by atoms with van der Waals surface area (Å²) in [5, 5.41) is 11.6. The Hall–Kier alpha value is -2.44. The van der Waals surface area contributed by atoms with Crippen LogP contribution in [0.2, 0.25) is 0 Å². The van der Waals surface area contributed by atoms with Gasteiger partial charge in [-0.3, -0.25) is 4.79 Å². The van der Waals surface area contributed by atoms with Crippen LogP contribution < -0.4 is 27.0 Å². The topological polar surface area (TPSA) is 108 Å². The number of primary amides is 1. The number of anilines is 2. The zero-order chi connectivity index (χ0) is 13.7. The number of amides is 3. The molecule has 0 aliphatic carbocycles. The summed E-state index contributed by atoms with van der Waals surface area (Å²) in [6.45, 7) is 2.36. The molecular weight excluding hydrogens is 246 g/mol. The van der Waals surface area contributed by atoms with Crippen LogP contribution in [-0.2, 0) is 0 Å². The van der Waals surface area contributed by atoms with Gasteiger partial charge in [-0.2, -0.15) is 0 Å². The van der Waals surface area contributed by atoms with E-state index in [1.54, 1.807) is 12.1 Å². The van der Waals surface area contributed by atoms with Crippen LogP contribution in [0.15, 0.2) is 18.2 Å². The van der Waals surface area contributed by atoms with Gasteiger partial charge in [-0.25, -0.2) is 4.79 Å². The van der Waals surface area contributed by atoms with Crippen molar-refractivity contribution >= 4 is 23.3 Å². The Balaban J connectivity index is 1.90. The number of rotatable bonds is 4. The second kappa shape index (κ2) is 5.94. The van der Waals surface area contributed by atoms with Gasteiger partial charge in [0.05, 0.1) is 11.4 Å². The van der Waals surface area contributed by atoms with Crippen LogP contribution in [0.5, 0.6) is 0 Å². The van der Waals surface area contributed by atoms with Crippen molar-refractivity contribution in [3.8, 4) is 0 Å². The molecule has 19 heavy (non-hydrogen) atoms. The number of fused-ring (bicyclic) bond motifs is 1. The molecule has 0 radical (unpaired) electrons. The Kier molecular flexibility index (Phi) is 4.07. The first-order valence-electron chi connectivity index (χ1n) is 6.10. The number of nitrogens with two attached hydrogens (primary N) is 1. The van der Waals surface area contributed by atoms with E-state index in [1.165, 1.54) is 0 Å². The van der Waals surface area contributed by atoms with Gasteiger partial charge < -0.3 is 27.0 Å². The molecular formula is C12H17N5O2. The van der Waals surface area contributed by atoms with Crippen molar-refractivity contribution in [1.29, 1.82) is 0 Å². The van der Waals surface area contributed by atoms with Gasteiger partial charge in [-0.1, -0.05) is 0 Å². The fourth-order valence-corrected chi connectivity index (χ4v) is 1.84. The highest BCUT2D eigenvalue weighted by Crippen LogP contribution is 2.25. The molecule has 0 saturated carbocycles. The molecule has 0 unspecified atom stereocenters. The zero-order valence-electron chi connectivity index (χ0n) is 10.5. The number of nitrogens with one attached hydrogen (secondary N) is 4. The molecule has 2 rings (SSSR count). The van der Waals surface area contributed by atoms with Crippen LogP contribution in [0, 0.1) is 0 Å². The van der Waals surface area contributed by atoms with Crippen LogP contribution >= 0.6 is 0 Å². The van der Waals surface area contributed by atoms with Crippen LogP contribution in [0.4, 0.5) is 16.2 Å². The fourth-order valence-electron chi connectivity index (χ4n) is 1.84. The highest BCUT2D eigenvalue weighted by Gasteiger charge is 2.11. The largest absolute Gasteiger partial charge is 0.382 e. The zero-order valence-corrected chi connectivity index (χ0v) is 10.5. The van der Waals surface area contributed by atoms with Gasteiger partial charge in [0, 0.05) is 31.7 Å². The average Bonchev–Trinajstić information content (AvgIpc) is 2.42. The Bertz CT molecular complexity index is 489.